The van der Waals surface area contributed by atoms with Gasteiger partial charge in [0, 0.05) is 11.2 Å². The van der Waals surface area contributed by atoms with E-state index in [9.17, 15) is 13.2 Å². The zero-order chi connectivity index (χ0) is 16.4. The Morgan fingerprint density at radius 3 is 2.43 bits per heavy atom. The topological polar surface area (TPSA) is 115 Å². The first-order chi connectivity index (χ1) is 10.2. The number of hydrogen-bond donors (Lipinski definition) is 3. The van der Waals surface area contributed by atoms with Gasteiger partial charge in [-0.05, 0) is 37.5 Å². The number of halogens is 1. The van der Waals surface area contributed by atoms with E-state index in [2.05, 4.69) is 5.32 Å². The summed E-state index contributed by atoms with van der Waals surface area (Å²) < 4.78 is 22.1. The smallest absolute Gasteiger partial charge is 0.229 e. The highest BCUT2D eigenvalue weighted by Crippen LogP contribution is 2.32. The summed E-state index contributed by atoms with van der Waals surface area (Å²) in [4.78, 5) is 12.4. The quantitative estimate of drug-likeness (QED) is 0.757. The molecule has 1 aliphatic carbocycles. The van der Waals surface area contributed by atoms with Crippen LogP contribution in [0.15, 0.2) is 24.3 Å². The van der Waals surface area contributed by atoms with E-state index in [0.29, 0.717) is 11.3 Å². The minimum absolute atomic E-state index is 0. The van der Waals surface area contributed by atoms with Gasteiger partial charge in [-0.3, -0.25) is 4.79 Å². The summed E-state index contributed by atoms with van der Waals surface area (Å²) in [7, 11) is -3.55. The van der Waals surface area contributed by atoms with Gasteiger partial charge in [0.15, 0.2) is 0 Å². The number of nitrogens with one attached hydrogen (secondary N) is 1. The Balaban J connectivity index is 0.00000264. The van der Waals surface area contributed by atoms with Crippen LogP contribution in [0.5, 0.6) is 0 Å². The van der Waals surface area contributed by atoms with Crippen LogP contribution in [0, 0.1) is 5.92 Å². The number of anilines is 1. The van der Waals surface area contributed by atoms with Crippen molar-refractivity contribution in [3.63, 3.8) is 0 Å². The van der Waals surface area contributed by atoms with Gasteiger partial charge in [-0.15, -0.1) is 12.4 Å². The second-order valence-corrected chi connectivity index (χ2v) is 7.91. The molecule has 0 aromatic heterocycles. The van der Waals surface area contributed by atoms with Gasteiger partial charge >= 0.3 is 0 Å². The molecule has 1 aromatic rings. The van der Waals surface area contributed by atoms with Crippen LogP contribution in [0.25, 0.3) is 0 Å². The van der Waals surface area contributed by atoms with Crippen LogP contribution in [0.4, 0.5) is 5.69 Å². The average Bonchev–Trinajstić information content (AvgIpc) is 2.38. The third kappa shape index (κ3) is 5.76. The van der Waals surface area contributed by atoms with Crippen molar-refractivity contribution < 1.29 is 13.2 Å². The lowest BCUT2D eigenvalue weighted by Crippen LogP contribution is -2.51. The number of benzene rings is 1. The summed E-state index contributed by atoms with van der Waals surface area (Å²) in [6.45, 7) is 1.92. The largest absolute Gasteiger partial charge is 0.326 e. The molecule has 1 fully saturated rings. The van der Waals surface area contributed by atoms with Crippen molar-refractivity contribution in [3.8, 4) is 0 Å². The summed E-state index contributed by atoms with van der Waals surface area (Å²) in [5.74, 6) is -0.501. The van der Waals surface area contributed by atoms with Gasteiger partial charge in [0.1, 0.15) is 0 Å². The van der Waals surface area contributed by atoms with Gasteiger partial charge in [0.2, 0.25) is 15.9 Å². The highest BCUT2D eigenvalue weighted by atomic mass is 35.5. The van der Waals surface area contributed by atoms with Crippen molar-refractivity contribution in [2.75, 3.05) is 5.32 Å². The average molecular weight is 362 g/mol. The van der Waals surface area contributed by atoms with Gasteiger partial charge < -0.3 is 11.1 Å². The summed E-state index contributed by atoms with van der Waals surface area (Å²) in [5.41, 5.74) is 6.97. The second-order valence-electron chi connectivity index (χ2n) is 6.30. The van der Waals surface area contributed by atoms with Crippen molar-refractivity contribution >= 4 is 34.0 Å². The van der Waals surface area contributed by atoms with E-state index in [1.54, 1.807) is 24.3 Å². The Bertz CT molecular complexity index is 644. The van der Waals surface area contributed by atoms with E-state index < -0.39 is 15.6 Å². The van der Waals surface area contributed by atoms with Gasteiger partial charge in [0.05, 0.1) is 11.7 Å². The first-order valence-corrected chi connectivity index (χ1v) is 9.08. The molecule has 0 heterocycles. The Hall–Kier alpha value is -1.15. The molecule has 2 atom stereocenters. The van der Waals surface area contributed by atoms with Gasteiger partial charge in [-0.25, -0.2) is 13.6 Å². The molecule has 0 saturated heterocycles. The third-order valence-corrected chi connectivity index (χ3v) is 4.90. The Labute approximate surface area is 143 Å². The van der Waals surface area contributed by atoms with Crippen LogP contribution in [-0.2, 0) is 20.6 Å². The van der Waals surface area contributed by atoms with E-state index in [1.807, 2.05) is 6.92 Å². The van der Waals surface area contributed by atoms with E-state index in [1.165, 1.54) is 0 Å². The maximum Gasteiger partial charge on any atom is 0.229 e. The molecule has 0 radical (unpaired) electrons. The van der Waals surface area contributed by atoms with E-state index in [-0.39, 0.29) is 30.0 Å². The molecular weight excluding hydrogens is 338 g/mol. The molecule has 0 aliphatic heterocycles. The fourth-order valence-electron chi connectivity index (χ4n) is 2.93. The highest BCUT2D eigenvalue weighted by molar-refractivity contribution is 7.88. The number of rotatable bonds is 4. The number of nitrogens with two attached hydrogens (primary N) is 2. The van der Waals surface area contributed by atoms with Crippen LogP contribution in [0.2, 0.25) is 0 Å². The molecule has 2 unspecified atom stereocenters. The van der Waals surface area contributed by atoms with Crippen molar-refractivity contribution in [2.24, 2.45) is 16.8 Å². The fourth-order valence-corrected chi connectivity index (χ4v) is 3.59. The highest BCUT2D eigenvalue weighted by Gasteiger charge is 2.37. The Kier molecular flexibility index (Phi) is 6.59. The second kappa shape index (κ2) is 7.61. The molecule has 8 heteroatoms. The normalized spacial score (nSPS) is 24.6. The standard InChI is InChI=1S/C15H23N3O3S.ClH/c1-15(16)9-3-2-4-13(15)14(19)18-12-7-5-11(6-8-12)10-22(17,20)21;/h5-8,13H,2-4,9-10,16H2,1H3,(H,18,19)(H2,17,20,21);1H. The molecule has 1 aliphatic rings. The third-order valence-electron chi connectivity index (χ3n) is 4.16. The Morgan fingerprint density at radius 1 is 1.30 bits per heavy atom. The van der Waals surface area contributed by atoms with Gasteiger partial charge in [-0.2, -0.15) is 0 Å². The van der Waals surface area contributed by atoms with E-state index in [4.69, 9.17) is 10.9 Å². The summed E-state index contributed by atoms with van der Waals surface area (Å²) >= 11 is 0. The molecular formula is C15H24ClN3O3S. The fraction of sp³-hybridized carbons (Fsp3) is 0.533. The molecule has 2 rings (SSSR count). The van der Waals surface area contributed by atoms with Gasteiger partial charge in [-0.1, -0.05) is 25.0 Å². The zero-order valence-corrected chi connectivity index (χ0v) is 14.8. The van der Waals surface area contributed by atoms with Crippen molar-refractivity contribution in [2.45, 2.75) is 43.9 Å². The van der Waals surface area contributed by atoms with E-state index >= 15 is 0 Å². The molecule has 1 amide bonds. The number of primary sulfonamides is 1. The number of carbonyl (C=O) groups is 1. The predicted octanol–water partition coefficient (Wildman–Crippen LogP) is 1.74. The molecule has 0 bridgehead atoms. The van der Waals surface area contributed by atoms with Crippen molar-refractivity contribution in [3.05, 3.63) is 29.8 Å². The van der Waals surface area contributed by atoms with Crippen molar-refractivity contribution in [1.82, 2.24) is 0 Å². The van der Waals surface area contributed by atoms with Crippen LogP contribution >= 0.6 is 12.4 Å². The minimum Gasteiger partial charge on any atom is -0.326 e. The predicted molar refractivity (Wildman–Crippen MR) is 93.7 cm³/mol. The summed E-state index contributed by atoms with van der Waals surface area (Å²) in [6.07, 6.45) is 3.71. The Morgan fingerprint density at radius 2 is 1.91 bits per heavy atom. The van der Waals surface area contributed by atoms with Crippen LogP contribution < -0.4 is 16.2 Å². The zero-order valence-electron chi connectivity index (χ0n) is 13.1. The number of amides is 1. The number of sulfonamides is 1. The van der Waals surface area contributed by atoms with Gasteiger partial charge in [0.25, 0.3) is 0 Å². The van der Waals surface area contributed by atoms with Crippen LogP contribution in [0.3, 0.4) is 0 Å². The van der Waals surface area contributed by atoms with E-state index in [0.717, 1.165) is 25.7 Å². The number of hydrogen-bond acceptors (Lipinski definition) is 4. The van der Waals surface area contributed by atoms with Crippen molar-refractivity contribution in [1.29, 1.82) is 0 Å². The molecule has 0 spiro atoms. The molecule has 6 nitrogen and oxygen atoms in total. The maximum atomic E-state index is 12.4. The first kappa shape index (κ1) is 19.9. The molecule has 1 saturated carbocycles. The maximum absolute atomic E-state index is 12.4. The lowest BCUT2D eigenvalue weighted by atomic mass is 9.74. The minimum atomic E-state index is -3.55. The lowest BCUT2D eigenvalue weighted by Gasteiger charge is -2.37. The van der Waals surface area contributed by atoms with Crippen LogP contribution in [0.1, 0.15) is 38.2 Å². The monoisotopic (exact) mass is 361 g/mol. The lowest BCUT2D eigenvalue weighted by molar-refractivity contribution is -0.122. The van der Waals surface area contributed by atoms with Crippen LogP contribution in [-0.4, -0.2) is 19.9 Å². The SMILES string of the molecule is CC1(N)CCCCC1C(=O)Nc1ccc(CS(N)(=O)=O)cc1.Cl. The molecule has 5 N–H and O–H groups in total. The first-order valence-electron chi connectivity index (χ1n) is 7.36. The number of carbonyl (C=O) groups excluding carboxylic acids is 1. The molecule has 23 heavy (non-hydrogen) atoms. The molecule has 1 aromatic carbocycles. The molecule has 130 valence electrons. The summed E-state index contributed by atoms with van der Waals surface area (Å²) in [5, 5.41) is 7.86. The summed E-state index contributed by atoms with van der Waals surface area (Å²) in [6, 6.07) is 6.63.